The molecule has 4 heteroatoms. The first kappa shape index (κ1) is 13.4. The van der Waals surface area contributed by atoms with Gasteiger partial charge in [0.2, 0.25) is 0 Å². The predicted molar refractivity (Wildman–Crippen MR) is 71.9 cm³/mol. The van der Waals surface area contributed by atoms with Crippen molar-refractivity contribution in [2.24, 2.45) is 0 Å². The van der Waals surface area contributed by atoms with Crippen LogP contribution in [0.2, 0.25) is 5.02 Å². The van der Waals surface area contributed by atoms with Crippen LogP contribution in [0.5, 0.6) is 0 Å². The highest BCUT2D eigenvalue weighted by Crippen LogP contribution is 2.31. The second kappa shape index (κ2) is 5.74. The molecule has 0 aliphatic carbocycles. The average molecular weight is 269 g/mol. The van der Waals surface area contributed by atoms with E-state index in [1.807, 2.05) is 32.0 Å². The van der Waals surface area contributed by atoms with Crippen molar-refractivity contribution in [3.8, 4) is 0 Å². The first-order chi connectivity index (χ1) is 8.67. The summed E-state index contributed by atoms with van der Waals surface area (Å²) in [5, 5.41) is 11.7. The lowest BCUT2D eigenvalue weighted by Crippen LogP contribution is -2.21. The molecule has 2 unspecified atom stereocenters. The fourth-order valence-electron chi connectivity index (χ4n) is 2.02. The van der Waals surface area contributed by atoms with E-state index in [2.05, 4.69) is 0 Å². The summed E-state index contributed by atoms with van der Waals surface area (Å²) in [5.41, 5.74) is 0.611. The molecule has 0 bridgehead atoms. The van der Waals surface area contributed by atoms with Crippen LogP contribution in [0.15, 0.2) is 28.7 Å². The van der Waals surface area contributed by atoms with Gasteiger partial charge < -0.3 is 14.3 Å². The molecule has 2 aromatic rings. The molecule has 0 aliphatic rings. The van der Waals surface area contributed by atoms with Crippen molar-refractivity contribution in [3.63, 3.8) is 0 Å². The highest BCUT2D eigenvalue weighted by Gasteiger charge is 2.23. The SMILES string of the molecule is CCOC(CC)C(O)c1cc2cccc(Cl)c2o1. The molecule has 0 saturated heterocycles. The molecule has 0 aliphatic heterocycles. The normalized spacial score (nSPS) is 14.9. The van der Waals surface area contributed by atoms with E-state index in [0.29, 0.717) is 23.0 Å². The second-order valence-corrected chi connectivity index (χ2v) is 4.56. The molecule has 1 aromatic heterocycles. The smallest absolute Gasteiger partial charge is 0.152 e. The summed E-state index contributed by atoms with van der Waals surface area (Å²) in [5.74, 6) is 0.499. The monoisotopic (exact) mass is 268 g/mol. The van der Waals surface area contributed by atoms with Crippen molar-refractivity contribution in [3.05, 3.63) is 35.0 Å². The van der Waals surface area contributed by atoms with E-state index in [0.717, 1.165) is 11.8 Å². The molecule has 0 amide bonds. The molecule has 0 spiro atoms. The highest BCUT2D eigenvalue weighted by atomic mass is 35.5. The molecular formula is C14H17ClO3. The lowest BCUT2D eigenvalue weighted by Gasteiger charge is -2.19. The Bertz CT molecular complexity index is 521. The number of furan rings is 1. The van der Waals surface area contributed by atoms with Crippen molar-refractivity contribution >= 4 is 22.6 Å². The lowest BCUT2D eigenvalue weighted by molar-refractivity contribution is -0.0435. The van der Waals surface area contributed by atoms with Gasteiger partial charge in [-0.3, -0.25) is 0 Å². The molecule has 3 nitrogen and oxygen atoms in total. The van der Waals surface area contributed by atoms with E-state index >= 15 is 0 Å². The van der Waals surface area contributed by atoms with Crippen LogP contribution in [0.25, 0.3) is 11.0 Å². The molecule has 0 saturated carbocycles. The molecule has 2 rings (SSSR count). The summed E-state index contributed by atoms with van der Waals surface area (Å²) >= 11 is 6.04. The van der Waals surface area contributed by atoms with E-state index in [1.54, 1.807) is 6.07 Å². The Morgan fingerprint density at radius 3 is 2.78 bits per heavy atom. The van der Waals surface area contributed by atoms with Crippen LogP contribution in [-0.2, 0) is 4.74 Å². The van der Waals surface area contributed by atoms with Crippen molar-refractivity contribution in [1.29, 1.82) is 0 Å². The van der Waals surface area contributed by atoms with Gasteiger partial charge in [-0.1, -0.05) is 30.7 Å². The zero-order valence-electron chi connectivity index (χ0n) is 10.5. The minimum Gasteiger partial charge on any atom is -0.457 e. The van der Waals surface area contributed by atoms with Crippen LogP contribution < -0.4 is 0 Å². The zero-order chi connectivity index (χ0) is 13.1. The second-order valence-electron chi connectivity index (χ2n) is 4.15. The number of hydrogen-bond donors (Lipinski definition) is 1. The minimum absolute atomic E-state index is 0.255. The first-order valence-corrected chi connectivity index (χ1v) is 6.52. The van der Waals surface area contributed by atoms with Crippen molar-refractivity contribution < 1.29 is 14.3 Å². The zero-order valence-corrected chi connectivity index (χ0v) is 11.3. The Morgan fingerprint density at radius 1 is 1.39 bits per heavy atom. The maximum Gasteiger partial charge on any atom is 0.152 e. The Morgan fingerprint density at radius 2 is 2.17 bits per heavy atom. The summed E-state index contributed by atoms with van der Waals surface area (Å²) < 4.78 is 11.1. The van der Waals surface area contributed by atoms with Crippen molar-refractivity contribution in [2.45, 2.75) is 32.5 Å². The average Bonchev–Trinajstić information content (AvgIpc) is 2.80. The number of aliphatic hydroxyl groups is 1. The summed E-state index contributed by atoms with van der Waals surface area (Å²) in [6.07, 6.45) is -0.299. The number of fused-ring (bicyclic) bond motifs is 1. The molecule has 1 aromatic carbocycles. The van der Waals surface area contributed by atoms with Gasteiger partial charge in [0.15, 0.2) is 5.58 Å². The van der Waals surface area contributed by atoms with Crippen molar-refractivity contribution in [1.82, 2.24) is 0 Å². The van der Waals surface area contributed by atoms with Crippen LogP contribution >= 0.6 is 11.6 Å². The number of ether oxygens (including phenoxy) is 1. The van der Waals surface area contributed by atoms with Gasteiger partial charge in [-0.15, -0.1) is 0 Å². The van der Waals surface area contributed by atoms with Crippen LogP contribution in [0.1, 0.15) is 32.1 Å². The van der Waals surface area contributed by atoms with Gasteiger partial charge in [0.1, 0.15) is 11.9 Å². The van der Waals surface area contributed by atoms with Gasteiger partial charge in [-0.2, -0.15) is 0 Å². The Kier molecular flexibility index (Phi) is 4.27. The van der Waals surface area contributed by atoms with Gasteiger partial charge in [0.25, 0.3) is 0 Å². The third-order valence-corrected chi connectivity index (χ3v) is 3.24. The number of halogens is 1. The summed E-state index contributed by atoms with van der Waals surface area (Å²) in [6, 6.07) is 7.34. The fraction of sp³-hybridized carbons (Fsp3) is 0.429. The molecule has 2 atom stereocenters. The first-order valence-electron chi connectivity index (χ1n) is 6.15. The number of benzene rings is 1. The standard InChI is InChI=1S/C14H17ClO3/c1-3-11(17-4-2)13(16)12-8-9-6-5-7-10(15)14(9)18-12/h5-8,11,13,16H,3-4H2,1-2H3. The molecule has 0 fully saturated rings. The highest BCUT2D eigenvalue weighted by molar-refractivity contribution is 6.34. The maximum absolute atomic E-state index is 10.2. The summed E-state index contributed by atoms with van der Waals surface area (Å²) in [6.45, 7) is 4.45. The number of hydrogen-bond acceptors (Lipinski definition) is 3. The van der Waals surface area contributed by atoms with E-state index in [4.69, 9.17) is 20.8 Å². The van der Waals surface area contributed by atoms with E-state index in [-0.39, 0.29) is 6.10 Å². The van der Waals surface area contributed by atoms with Gasteiger partial charge in [-0.25, -0.2) is 0 Å². The molecule has 0 radical (unpaired) electrons. The largest absolute Gasteiger partial charge is 0.457 e. The van der Waals surface area contributed by atoms with Crippen LogP contribution in [0, 0.1) is 0 Å². The Hall–Kier alpha value is -1.03. The van der Waals surface area contributed by atoms with Crippen LogP contribution in [-0.4, -0.2) is 17.8 Å². The minimum atomic E-state index is -0.765. The number of para-hydroxylation sites is 1. The molecule has 18 heavy (non-hydrogen) atoms. The van der Waals surface area contributed by atoms with Crippen LogP contribution in [0.3, 0.4) is 0 Å². The fourth-order valence-corrected chi connectivity index (χ4v) is 2.24. The van der Waals surface area contributed by atoms with Gasteiger partial charge in [0, 0.05) is 12.0 Å². The Balaban J connectivity index is 2.32. The van der Waals surface area contributed by atoms with Gasteiger partial charge in [-0.05, 0) is 25.5 Å². The van der Waals surface area contributed by atoms with Gasteiger partial charge in [0.05, 0.1) is 11.1 Å². The van der Waals surface area contributed by atoms with E-state index in [1.165, 1.54) is 0 Å². The third kappa shape index (κ3) is 2.53. The molecule has 1 N–H and O–H groups in total. The molecule has 98 valence electrons. The predicted octanol–water partition coefficient (Wildman–Crippen LogP) is 3.93. The summed E-state index contributed by atoms with van der Waals surface area (Å²) in [7, 11) is 0. The summed E-state index contributed by atoms with van der Waals surface area (Å²) in [4.78, 5) is 0. The number of aliphatic hydroxyl groups excluding tert-OH is 1. The van der Waals surface area contributed by atoms with Crippen LogP contribution in [0.4, 0.5) is 0 Å². The quantitative estimate of drug-likeness (QED) is 0.893. The molecule has 1 heterocycles. The lowest BCUT2D eigenvalue weighted by atomic mass is 10.1. The maximum atomic E-state index is 10.2. The number of rotatable bonds is 5. The third-order valence-electron chi connectivity index (χ3n) is 2.94. The topological polar surface area (TPSA) is 42.6 Å². The van der Waals surface area contributed by atoms with Gasteiger partial charge >= 0.3 is 0 Å². The Labute approximate surface area is 111 Å². The van der Waals surface area contributed by atoms with E-state index < -0.39 is 6.10 Å². The molecular weight excluding hydrogens is 252 g/mol. The van der Waals surface area contributed by atoms with E-state index in [9.17, 15) is 5.11 Å². The van der Waals surface area contributed by atoms with Crippen molar-refractivity contribution in [2.75, 3.05) is 6.61 Å².